The minimum atomic E-state index is -0.303. The maximum Gasteiger partial charge on any atom is 0.330 e. The highest BCUT2D eigenvalue weighted by Crippen LogP contribution is 2.17. The zero-order valence-corrected chi connectivity index (χ0v) is 13.5. The van der Waals surface area contributed by atoms with Gasteiger partial charge in [0.2, 0.25) is 0 Å². The fourth-order valence-electron chi connectivity index (χ4n) is 2.81. The van der Waals surface area contributed by atoms with Crippen LogP contribution in [0.25, 0.3) is 10.8 Å². The lowest BCUT2D eigenvalue weighted by atomic mass is 10.0. The second-order valence-corrected chi connectivity index (χ2v) is 5.98. The van der Waals surface area contributed by atoms with Crippen molar-refractivity contribution in [1.29, 1.82) is 0 Å². The van der Waals surface area contributed by atoms with E-state index in [2.05, 4.69) is 30.3 Å². The van der Waals surface area contributed by atoms with Gasteiger partial charge in [0.25, 0.3) is 0 Å². The molecule has 1 aliphatic rings. The van der Waals surface area contributed by atoms with Crippen LogP contribution in [0.1, 0.15) is 24.8 Å². The lowest BCUT2D eigenvalue weighted by Crippen LogP contribution is -2.19. The molecule has 0 aromatic heterocycles. The molecule has 1 aliphatic heterocycles. The van der Waals surface area contributed by atoms with Crippen LogP contribution in [-0.4, -0.2) is 17.9 Å². The molecule has 0 unspecified atom stereocenters. The summed E-state index contributed by atoms with van der Waals surface area (Å²) < 4.78 is 5.15. The van der Waals surface area contributed by atoms with Crippen LogP contribution in [0.15, 0.2) is 66.8 Å². The Morgan fingerprint density at radius 1 is 1.17 bits per heavy atom. The van der Waals surface area contributed by atoms with Crippen molar-refractivity contribution in [3.05, 3.63) is 72.3 Å². The molecule has 3 rings (SSSR count). The van der Waals surface area contributed by atoms with Gasteiger partial charge >= 0.3 is 5.97 Å². The summed E-state index contributed by atoms with van der Waals surface area (Å²) in [4.78, 5) is 23.1. The molecule has 0 aliphatic carbocycles. The number of aryl methyl sites for hydroxylation is 1. The number of allylic oxidation sites excluding steroid dienone is 1. The molecule has 0 N–H and O–H groups in total. The van der Waals surface area contributed by atoms with Crippen LogP contribution >= 0.6 is 0 Å². The van der Waals surface area contributed by atoms with E-state index >= 15 is 0 Å². The Morgan fingerprint density at radius 3 is 2.83 bits per heavy atom. The monoisotopic (exact) mass is 320 g/mol. The predicted octanol–water partition coefficient (Wildman–Crippen LogP) is 4.16. The molecular weight excluding hydrogens is 300 g/mol. The summed E-state index contributed by atoms with van der Waals surface area (Å²) in [6, 6.07) is 14.5. The van der Waals surface area contributed by atoms with Crippen LogP contribution in [0.3, 0.4) is 0 Å². The van der Waals surface area contributed by atoms with E-state index in [4.69, 9.17) is 4.74 Å². The number of carbonyl (C=O) groups is 2. The average Bonchev–Trinajstić information content (AvgIpc) is 2.60. The van der Waals surface area contributed by atoms with Crippen molar-refractivity contribution < 1.29 is 14.3 Å². The van der Waals surface area contributed by atoms with E-state index in [9.17, 15) is 9.59 Å². The van der Waals surface area contributed by atoms with Gasteiger partial charge in [0.05, 0.1) is 0 Å². The van der Waals surface area contributed by atoms with Crippen molar-refractivity contribution >= 4 is 22.5 Å². The average molecular weight is 320 g/mol. The minimum Gasteiger partial charge on any atom is -0.459 e. The number of hydrogen-bond donors (Lipinski definition) is 0. The van der Waals surface area contributed by atoms with Gasteiger partial charge in [-0.3, -0.25) is 4.79 Å². The van der Waals surface area contributed by atoms with Crippen LogP contribution in [-0.2, 0) is 20.7 Å². The highest BCUT2D eigenvalue weighted by atomic mass is 16.5. The van der Waals surface area contributed by atoms with Crippen LogP contribution in [0.2, 0.25) is 0 Å². The predicted molar refractivity (Wildman–Crippen MR) is 94.7 cm³/mol. The lowest BCUT2D eigenvalue weighted by Gasteiger charge is -2.16. The lowest BCUT2D eigenvalue weighted by molar-refractivity contribution is -0.143. The summed E-state index contributed by atoms with van der Waals surface area (Å²) in [7, 11) is 0. The van der Waals surface area contributed by atoms with Gasteiger partial charge in [0, 0.05) is 25.3 Å². The van der Waals surface area contributed by atoms with E-state index in [-0.39, 0.29) is 17.9 Å². The van der Waals surface area contributed by atoms with E-state index in [0.29, 0.717) is 19.3 Å². The number of rotatable bonds is 6. The van der Waals surface area contributed by atoms with E-state index in [1.54, 1.807) is 12.2 Å². The molecule has 2 aromatic rings. The molecule has 0 radical (unpaired) electrons. The Kier molecular flexibility index (Phi) is 5.22. The standard InChI is InChI=1S/C21H20O3/c22-19(7-3-8-20-9-4-10-21(23)24-20)14-12-16-11-13-17-5-1-2-6-18(17)15-16/h1-7,10-11,13,15,20H,8-9,12,14H2/b7-3+/t20-/m1/s1. The van der Waals surface area contributed by atoms with Crippen LogP contribution < -0.4 is 0 Å². The molecule has 1 atom stereocenters. The summed E-state index contributed by atoms with van der Waals surface area (Å²) in [6.45, 7) is 0. The van der Waals surface area contributed by atoms with Crippen LogP contribution in [0, 0.1) is 0 Å². The van der Waals surface area contributed by atoms with Crippen molar-refractivity contribution in [3.8, 4) is 0 Å². The van der Waals surface area contributed by atoms with Gasteiger partial charge in [0.15, 0.2) is 5.78 Å². The van der Waals surface area contributed by atoms with Crippen LogP contribution in [0.4, 0.5) is 0 Å². The Morgan fingerprint density at radius 2 is 2.00 bits per heavy atom. The van der Waals surface area contributed by atoms with Crippen molar-refractivity contribution in [2.45, 2.75) is 31.8 Å². The summed E-state index contributed by atoms with van der Waals surface area (Å²) in [6.07, 6.45) is 9.02. The summed E-state index contributed by atoms with van der Waals surface area (Å²) in [5.41, 5.74) is 1.17. The van der Waals surface area contributed by atoms with Crippen molar-refractivity contribution in [1.82, 2.24) is 0 Å². The Labute approximate surface area is 141 Å². The van der Waals surface area contributed by atoms with E-state index < -0.39 is 0 Å². The number of carbonyl (C=O) groups excluding carboxylic acids is 2. The van der Waals surface area contributed by atoms with Gasteiger partial charge in [-0.1, -0.05) is 54.6 Å². The minimum absolute atomic E-state index is 0.0980. The third-order valence-electron chi connectivity index (χ3n) is 4.11. The highest BCUT2D eigenvalue weighted by Gasteiger charge is 2.14. The second kappa shape index (κ2) is 7.73. The molecule has 0 saturated heterocycles. The van der Waals surface area contributed by atoms with Gasteiger partial charge in [-0.15, -0.1) is 0 Å². The Bertz CT molecular complexity index is 802. The number of benzene rings is 2. The summed E-state index contributed by atoms with van der Waals surface area (Å²) in [5, 5.41) is 2.41. The number of fused-ring (bicyclic) bond motifs is 1. The summed E-state index contributed by atoms with van der Waals surface area (Å²) in [5.74, 6) is -0.205. The Hall–Kier alpha value is -2.68. The first-order valence-corrected chi connectivity index (χ1v) is 8.25. The molecular formula is C21H20O3. The fourth-order valence-corrected chi connectivity index (χ4v) is 2.81. The van der Waals surface area contributed by atoms with E-state index in [1.807, 2.05) is 18.2 Å². The smallest absolute Gasteiger partial charge is 0.330 e. The van der Waals surface area contributed by atoms with E-state index in [1.165, 1.54) is 22.4 Å². The summed E-state index contributed by atoms with van der Waals surface area (Å²) >= 11 is 0. The molecule has 0 saturated carbocycles. The van der Waals surface area contributed by atoms with Gasteiger partial charge in [-0.25, -0.2) is 4.79 Å². The third-order valence-corrected chi connectivity index (χ3v) is 4.11. The maximum absolute atomic E-state index is 12.0. The molecule has 3 nitrogen and oxygen atoms in total. The topological polar surface area (TPSA) is 43.4 Å². The second-order valence-electron chi connectivity index (χ2n) is 5.98. The molecule has 0 spiro atoms. The SMILES string of the molecule is O=C(/C=C/C[C@@H]1CC=CC(=O)O1)CCc1ccc2ccccc2c1. The van der Waals surface area contributed by atoms with Gasteiger partial charge < -0.3 is 4.74 Å². The quantitative estimate of drug-likeness (QED) is 0.593. The van der Waals surface area contributed by atoms with Gasteiger partial charge in [0.1, 0.15) is 6.10 Å². The van der Waals surface area contributed by atoms with Crippen molar-refractivity contribution in [3.63, 3.8) is 0 Å². The molecule has 2 aromatic carbocycles. The molecule has 3 heteroatoms. The number of ketones is 1. The first-order chi connectivity index (χ1) is 11.7. The normalized spacial score (nSPS) is 17.3. The maximum atomic E-state index is 12.0. The molecule has 122 valence electrons. The van der Waals surface area contributed by atoms with Crippen molar-refractivity contribution in [2.24, 2.45) is 0 Å². The molecule has 1 heterocycles. The van der Waals surface area contributed by atoms with Crippen LogP contribution in [0.5, 0.6) is 0 Å². The molecule has 0 bridgehead atoms. The number of cyclic esters (lactones) is 1. The first-order valence-electron chi connectivity index (χ1n) is 8.25. The molecule has 0 amide bonds. The first kappa shape index (κ1) is 16.2. The molecule has 0 fully saturated rings. The highest BCUT2D eigenvalue weighted by molar-refractivity contribution is 5.90. The van der Waals surface area contributed by atoms with Gasteiger partial charge in [-0.2, -0.15) is 0 Å². The zero-order valence-electron chi connectivity index (χ0n) is 13.5. The number of ether oxygens (including phenoxy) is 1. The number of hydrogen-bond acceptors (Lipinski definition) is 3. The van der Waals surface area contributed by atoms with E-state index in [0.717, 1.165) is 6.42 Å². The molecule has 24 heavy (non-hydrogen) atoms. The zero-order chi connectivity index (χ0) is 16.8. The third kappa shape index (κ3) is 4.42. The van der Waals surface area contributed by atoms with Crippen molar-refractivity contribution in [2.75, 3.05) is 0 Å². The number of esters is 1. The van der Waals surface area contributed by atoms with Gasteiger partial charge in [-0.05, 0) is 28.8 Å². The Balaban J connectivity index is 1.48. The largest absolute Gasteiger partial charge is 0.459 e. The fraction of sp³-hybridized carbons (Fsp3) is 0.238.